The van der Waals surface area contributed by atoms with Crippen LogP contribution in [0.5, 0.6) is 11.5 Å². The van der Waals surface area contributed by atoms with Crippen LogP contribution in [0, 0.1) is 0 Å². The smallest absolute Gasteiger partial charge is 0.336 e. The van der Waals surface area contributed by atoms with Gasteiger partial charge in [-0.05, 0) is 59.5 Å². The van der Waals surface area contributed by atoms with Gasteiger partial charge >= 0.3 is 5.97 Å². The molecule has 0 bridgehead atoms. The number of nitrogens with one attached hydrogen (secondary N) is 2. The molecule has 0 aliphatic rings. The van der Waals surface area contributed by atoms with Gasteiger partial charge in [-0.3, -0.25) is 9.59 Å². The Kier molecular flexibility index (Phi) is 8.93. The van der Waals surface area contributed by atoms with E-state index in [1.807, 2.05) is 42.5 Å². The minimum atomic E-state index is -1.10. The van der Waals surface area contributed by atoms with Crippen LogP contribution in [0.1, 0.15) is 31.5 Å². The van der Waals surface area contributed by atoms with Crippen LogP contribution in [0.15, 0.2) is 114 Å². The Hall–Kier alpha value is -5.28. The number of rotatable bonds is 10. The highest BCUT2D eigenvalue weighted by molar-refractivity contribution is 8.00. The van der Waals surface area contributed by atoms with Crippen LogP contribution in [0.3, 0.4) is 0 Å². The zero-order chi connectivity index (χ0) is 30.3. The molecule has 0 fully saturated rings. The topological polar surface area (TPSA) is 114 Å². The van der Waals surface area contributed by atoms with E-state index in [1.54, 1.807) is 67.8 Å². The molecule has 5 rings (SSSR count). The third kappa shape index (κ3) is 6.63. The third-order valence-electron chi connectivity index (χ3n) is 6.75. The van der Waals surface area contributed by atoms with E-state index in [2.05, 4.69) is 10.6 Å². The number of carbonyl (C=O) groups is 3. The summed E-state index contributed by atoms with van der Waals surface area (Å²) in [7, 11) is 3.09. The van der Waals surface area contributed by atoms with Crippen LogP contribution in [0.25, 0.3) is 10.8 Å². The molecule has 0 aromatic heterocycles. The monoisotopic (exact) mass is 592 g/mol. The first-order chi connectivity index (χ1) is 20.9. The van der Waals surface area contributed by atoms with Crippen molar-refractivity contribution in [3.63, 3.8) is 0 Å². The molecule has 0 aliphatic heterocycles. The van der Waals surface area contributed by atoms with Gasteiger partial charge in [0.25, 0.3) is 5.91 Å². The second-order valence-corrected chi connectivity index (χ2v) is 10.6. The largest absolute Gasteiger partial charge is 0.497 e. The average Bonchev–Trinajstić information content (AvgIpc) is 3.04. The SMILES string of the molecule is COc1ccc(NC(=O)C(Sc2ccc(NC(=O)c3cccc4cccc(C(=O)O)c34)cc2)c2ccccc2)c(OC)c1. The molecule has 0 aliphatic carbocycles. The van der Waals surface area contributed by atoms with E-state index in [9.17, 15) is 19.5 Å². The first-order valence-corrected chi connectivity index (χ1v) is 14.2. The fraction of sp³-hybridized carbons (Fsp3) is 0.0882. The number of hydrogen-bond donors (Lipinski definition) is 3. The number of benzene rings is 5. The lowest BCUT2D eigenvalue weighted by Gasteiger charge is -2.19. The van der Waals surface area contributed by atoms with Gasteiger partial charge in [0.1, 0.15) is 16.7 Å². The lowest BCUT2D eigenvalue weighted by molar-refractivity contribution is -0.115. The molecule has 1 unspecified atom stereocenters. The summed E-state index contributed by atoms with van der Waals surface area (Å²) in [6.07, 6.45) is 0. The maximum absolute atomic E-state index is 13.6. The molecule has 5 aromatic rings. The number of thioether (sulfide) groups is 1. The summed E-state index contributed by atoms with van der Waals surface area (Å²) in [5.41, 5.74) is 2.20. The first-order valence-electron chi connectivity index (χ1n) is 13.3. The van der Waals surface area contributed by atoms with Crippen molar-refractivity contribution >= 4 is 51.7 Å². The molecule has 1 atom stereocenters. The van der Waals surface area contributed by atoms with E-state index in [0.29, 0.717) is 33.6 Å². The molecule has 8 nitrogen and oxygen atoms in total. The van der Waals surface area contributed by atoms with Crippen LogP contribution in [0.4, 0.5) is 11.4 Å². The average molecular weight is 593 g/mol. The molecule has 0 saturated carbocycles. The molecule has 3 N–H and O–H groups in total. The number of carboxylic acids is 1. The summed E-state index contributed by atoms with van der Waals surface area (Å²) in [6, 6.07) is 31.8. The van der Waals surface area contributed by atoms with Crippen molar-refractivity contribution in [2.45, 2.75) is 10.1 Å². The van der Waals surface area contributed by atoms with Crippen molar-refractivity contribution in [1.29, 1.82) is 0 Å². The van der Waals surface area contributed by atoms with Gasteiger partial charge in [0.05, 0.1) is 25.5 Å². The normalized spacial score (nSPS) is 11.4. The van der Waals surface area contributed by atoms with E-state index in [1.165, 1.54) is 24.9 Å². The Labute approximate surface area is 252 Å². The lowest BCUT2D eigenvalue weighted by Crippen LogP contribution is -2.19. The maximum atomic E-state index is 13.6. The number of aromatic carboxylic acids is 1. The molecular weight excluding hydrogens is 564 g/mol. The molecule has 5 aromatic carbocycles. The fourth-order valence-corrected chi connectivity index (χ4v) is 5.69. The Morgan fingerprint density at radius 3 is 2.09 bits per heavy atom. The van der Waals surface area contributed by atoms with Crippen molar-refractivity contribution in [2.24, 2.45) is 0 Å². The molecule has 9 heteroatoms. The van der Waals surface area contributed by atoms with Crippen molar-refractivity contribution in [2.75, 3.05) is 24.9 Å². The molecule has 216 valence electrons. The molecule has 2 amide bonds. The summed E-state index contributed by atoms with van der Waals surface area (Å²) in [5.74, 6) is -0.670. The maximum Gasteiger partial charge on any atom is 0.336 e. The Morgan fingerprint density at radius 1 is 0.744 bits per heavy atom. The molecule has 43 heavy (non-hydrogen) atoms. The van der Waals surface area contributed by atoms with Gasteiger partial charge in [-0.1, -0.05) is 54.6 Å². The zero-order valence-corrected chi connectivity index (χ0v) is 24.2. The number of anilines is 2. The summed E-state index contributed by atoms with van der Waals surface area (Å²) >= 11 is 1.37. The Morgan fingerprint density at radius 2 is 1.44 bits per heavy atom. The Balaban J connectivity index is 1.35. The van der Waals surface area contributed by atoms with E-state index >= 15 is 0 Å². The van der Waals surface area contributed by atoms with Gasteiger partial charge in [0, 0.05) is 27.6 Å². The number of ether oxygens (including phenoxy) is 2. The van der Waals surface area contributed by atoms with E-state index in [4.69, 9.17) is 9.47 Å². The van der Waals surface area contributed by atoms with Crippen molar-refractivity contribution in [3.8, 4) is 11.5 Å². The number of hydrogen-bond acceptors (Lipinski definition) is 6. The van der Waals surface area contributed by atoms with Gasteiger partial charge in [-0.2, -0.15) is 0 Å². The minimum Gasteiger partial charge on any atom is -0.497 e. The standard InChI is InChI=1S/C34H28N2O6S/c1-41-24-16-19-28(29(20-24)42-2)36-33(38)31(22-8-4-3-5-9-22)43-25-17-14-23(15-18-25)35-32(37)26-12-6-10-21-11-7-13-27(30(21)26)34(39)40/h3-20,31H,1-2H3,(H,35,37)(H,36,38)(H,39,40). The van der Waals surface area contributed by atoms with E-state index < -0.39 is 17.1 Å². The highest BCUT2D eigenvalue weighted by Crippen LogP contribution is 2.38. The number of fused-ring (bicyclic) bond motifs is 1. The van der Waals surface area contributed by atoms with Crippen LogP contribution < -0.4 is 20.1 Å². The van der Waals surface area contributed by atoms with E-state index in [-0.39, 0.29) is 17.0 Å². The van der Waals surface area contributed by atoms with Crippen LogP contribution in [-0.2, 0) is 4.79 Å². The quantitative estimate of drug-likeness (QED) is 0.146. The van der Waals surface area contributed by atoms with Gasteiger partial charge in [-0.15, -0.1) is 11.8 Å². The highest BCUT2D eigenvalue weighted by atomic mass is 32.2. The van der Waals surface area contributed by atoms with Crippen molar-refractivity contribution < 1.29 is 29.0 Å². The van der Waals surface area contributed by atoms with E-state index in [0.717, 1.165) is 10.5 Å². The third-order valence-corrected chi connectivity index (χ3v) is 8.02. The number of carboxylic acid groups (broad SMARTS) is 1. The van der Waals surface area contributed by atoms with Crippen molar-refractivity contribution in [3.05, 3.63) is 126 Å². The van der Waals surface area contributed by atoms with Crippen LogP contribution in [-0.4, -0.2) is 37.1 Å². The van der Waals surface area contributed by atoms with Crippen LogP contribution >= 0.6 is 11.8 Å². The lowest BCUT2D eigenvalue weighted by atomic mass is 9.98. The predicted molar refractivity (Wildman–Crippen MR) is 169 cm³/mol. The summed E-state index contributed by atoms with van der Waals surface area (Å²) in [4.78, 5) is 39.4. The predicted octanol–water partition coefficient (Wildman–Crippen LogP) is 7.28. The van der Waals surface area contributed by atoms with Crippen LogP contribution in [0.2, 0.25) is 0 Å². The second-order valence-electron chi connectivity index (χ2n) is 9.46. The zero-order valence-electron chi connectivity index (χ0n) is 23.4. The van der Waals surface area contributed by atoms with Gasteiger partial charge in [0.2, 0.25) is 5.91 Å². The molecular formula is C34H28N2O6S. The highest BCUT2D eigenvalue weighted by Gasteiger charge is 2.24. The number of carbonyl (C=O) groups excluding carboxylic acids is 2. The second kappa shape index (κ2) is 13.1. The minimum absolute atomic E-state index is 0.0625. The molecule has 0 heterocycles. The fourth-order valence-electron chi connectivity index (χ4n) is 4.66. The Bertz CT molecular complexity index is 1790. The van der Waals surface area contributed by atoms with Gasteiger partial charge in [-0.25, -0.2) is 4.79 Å². The number of amides is 2. The summed E-state index contributed by atoms with van der Waals surface area (Å²) in [5, 5.41) is 16.0. The number of methoxy groups -OCH3 is 2. The summed E-state index contributed by atoms with van der Waals surface area (Å²) < 4.78 is 10.7. The van der Waals surface area contributed by atoms with Crippen molar-refractivity contribution in [1.82, 2.24) is 0 Å². The molecule has 0 radical (unpaired) electrons. The van der Waals surface area contributed by atoms with Gasteiger partial charge < -0.3 is 25.2 Å². The summed E-state index contributed by atoms with van der Waals surface area (Å²) in [6.45, 7) is 0. The first kappa shape index (κ1) is 29.2. The molecule has 0 saturated heterocycles. The molecule has 0 spiro atoms. The van der Waals surface area contributed by atoms with Gasteiger partial charge in [0.15, 0.2) is 0 Å².